The molecule has 0 aromatic heterocycles. The van der Waals surface area contributed by atoms with Crippen molar-refractivity contribution in [2.24, 2.45) is 0 Å². The first-order valence-electron chi connectivity index (χ1n) is 6.39. The van der Waals surface area contributed by atoms with Crippen molar-refractivity contribution in [2.45, 2.75) is 18.4 Å². The van der Waals surface area contributed by atoms with Crippen LogP contribution in [0.15, 0.2) is 18.2 Å². The van der Waals surface area contributed by atoms with Crippen molar-refractivity contribution in [3.8, 4) is 5.75 Å². The number of hydrogen-bond acceptors (Lipinski definition) is 4. The number of aromatic hydroxyl groups is 1. The van der Waals surface area contributed by atoms with E-state index in [0.717, 1.165) is 25.3 Å². The van der Waals surface area contributed by atoms with Crippen LogP contribution in [0.25, 0.3) is 0 Å². The van der Waals surface area contributed by atoms with Crippen LogP contribution in [0.2, 0.25) is 0 Å². The number of benzene rings is 1. The lowest BCUT2D eigenvalue weighted by Crippen LogP contribution is -2.53. The van der Waals surface area contributed by atoms with Gasteiger partial charge >= 0.3 is 0 Å². The summed E-state index contributed by atoms with van der Waals surface area (Å²) in [6.07, 6.45) is 3.12. The number of phenolic OH excluding ortho intramolecular Hbond substituents is 1. The lowest BCUT2D eigenvalue weighted by atomic mass is 10.1. The topological polar surface area (TPSA) is 43.8 Å². The molecule has 0 amide bonds. The zero-order valence-corrected chi connectivity index (χ0v) is 10.6. The molecule has 4 nitrogen and oxygen atoms in total. The Morgan fingerprint density at radius 2 is 2.11 bits per heavy atom. The Morgan fingerprint density at radius 3 is 2.72 bits per heavy atom. The maximum atomic E-state index is 10.7. The molecule has 1 N–H and O–H groups in total. The second-order valence-electron chi connectivity index (χ2n) is 5.47. The van der Waals surface area contributed by atoms with Gasteiger partial charge in [-0.15, -0.1) is 0 Å². The lowest BCUT2D eigenvalue weighted by Gasteiger charge is -2.42. The second kappa shape index (κ2) is 3.99. The molecule has 1 spiro atoms. The quantitative estimate of drug-likeness (QED) is 0.803. The number of aldehydes is 1. The highest BCUT2D eigenvalue weighted by molar-refractivity contribution is 5.80. The fraction of sp³-hybridized carbons (Fsp3) is 0.500. The minimum Gasteiger partial charge on any atom is -0.507 e. The number of rotatable bonds is 2. The minimum atomic E-state index is 0.0808. The van der Waals surface area contributed by atoms with Crippen LogP contribution in [0.5, 0.6) is 5.75 Å². The lowest BCUT2D eigenvalue weighted by molar-refractivity contribution is 0.112. The van der Waals surface area contributed by atoms with Crippen molar-refractivity contribution in [2.75, 3.05) is 31.6 Å². The van der Waals surface area contributed by atoms with Crippen LogP contribution >= 0.6 is 0 Å². The summed E-state index contributed by atoms with van der Waals surface area (Å²) in [6, 6.07) is 5.36. The molecule has 2 fully saturated rings. The molecule has 1 saturated carbocycles. The van der Waals surface area contributed by atoms with Gasteiger partial charge in [0.05, 0.1) is 11.1 Å². The first-order valence-corrected chi connectivity index (χ1v) is 6.39. The van der Waals surface area contributed by atoms with Gasteiger partial charge in [-0.1, -0.05) is 0 Å². The van der Waals surface area contributed by atoms with Crippen LogP contribution in [0, 0.1) is 0 Å². The van der Waals surface area contributed by atoms with Crippen molar-refractivity contribution < 1.29 is 9.90 Å². The van der Waals surface area contributed by atoms with Crippen LogP contribution in [-0.4, -0.2) is 48.5 Å². The molecule has 1 aliphatic heterocycles. The zero-order valence-electron chi connectivity index (χ0n) is 10.6. The molecule has 1 heterocycles. The summed E-state index contributed by atoms with van der Waals surface area (Å²) in [5.41, 5.74) is 1.66. The van der Waals surface area contributed by atoms with Crippen LogP contribution < -0.4 is 4.90 Å². The molecule has 0 unspecified atom stereocenters. The average Bonchev–Trinajstić information content (AvgIpc) is 3.09. The van der Waals surface area contributed by atoms with E-state index in [2.05, 4.69) is 16.8 Å². The first-order chi connectivity index (χ1) is 8.64. The van der Waals surface area contributed by atoms with Crippen LogP contribution in [0.1, 0.15) is 23.2 Å². The molecule has 3 rings (SSSR count). The monoisotopic (exact) mass is 246 g/mol. The van der Waals surface area contributed by atoms with Crippen molar-refractivity contribution in [3.05, 3.63) is 23.8 Å². The Balaban J connectivity index is 1.90. The number of hydrogen-bond donors (Lipinski definition) is 1. The smallest absolute Gasteiger partial charge is 0.153 e. The predicted octanol–water partition coefficient (Wildman–Crippen LogP) is 1.49. The van der Waals surface area contributed by atoms with Gasteiger partial charge in [0.2, 0.25) is 0 Å². The maximum absolute atomic E-state index is 10.7. The summed E-state index contributed by atoms with van der Waals surface area (Å²) < 4.78 is 0. The number of carbonyl (C=O) groups excluding carboxylic acids is 1. The van der Waals surface area contributed by atoms with Gasteiger partial charge in [-0.25, -0.2) is 0 Å². The Labute approximate surface area is 107 Å². The molecule has 4 heteroatoms. The molecule has 1 saturated heterocycles. The molecule has 1 aromatic carbocycles. The molecular weight excluding hydrogens is 228 g/mol. The fourth-order valence-electron chi connectivity index (χ4n) is 2.95. The van der Waals surface area contributed by atoms with E-state index in [4.69, 9.17) is 0 Å². The average molecular weight is 246 g/mol. The van der Waals surface area contributed by atoms with Gasteiger partial charge in [-0.3, -0.25) is 4.79 Å². The largest absolute Gasteiger partial charge is 0.507 e. The summed E-state index contributed by atoms with van der Waals surface area (Å²) in [6.45, 7) is 3.11. The van der Waals surface area contributed by atoms with Gasteiger partial charge in [-0.05, 0) is 32.0 Å². The maximum Gasteiger partial charge on any atom is 0.153 e. The van der Waals surface area contributed by atoms with E-state index in [-0.39, 0.29) is 11.3 Å². The summed E-state index contributed by atoms with van der Waals surface area (Å²) >= 11 is 0. The van der Waals surface area contributed by atoms with E-state index in [9.17, 15) is 9.90 Å². The van der Waals surface area contributed by atoms with Gasteiger partial charge in [0.15, 0.2) is 6.29 Å². The van der Waals surface area contributed by atoms with Gasteiger partial charge in [0, 0.05) is 31.4 Å². The van der Waals surface area contributed by atoms with E-state index >= 15 is 0 Å². The normalized spacial score (nSPS) is 22.2. The van der Waals surface area contributed by atoms with E-state index in [1.807, 2.05) is 6.07 Å². The van der Waals surface area contributed by atoms with Crippen LogP contribution in [0.3, 0.4) is 0 Å². The second-order valence-corrected chi connectivity index (χ2v) is 5.47. The molecule has 18 heavy (non-hydrogen) atoms. The Kier molecular flexibility index (Phi) is 2.55. The molecule has 1 aromatic rings. The summed E-state index contributed by atoms with van der Waals surface area (Å²) in [7, 11) is 2.16. The van der Waals surface area contributed by atoms with E-state index in [1.165, 1.54) is 12.8 Å². The summed E-state index contributed by atoms with van der Waals surface area (Å²) in [5, 5.41) is 9.80. The van der Waals surface area contributed by atoms with E-state index < -0.39 is 0 Å². The van der Waals surface area contributed by atoms with E-state index in [0.29, 0.717) is 11.8 Å². The predicted molar refractivity (Wildman–Crippen MR) is 70.3 cm³/mol. The molecule has 2 aliphatic rings. The molecular formula is C14H18N2O2. The number of nitrogens with zero attached hydrogens (tertiary/aromatic N) is 2. The Morgan fingerprint density at radius 1 is 1.33 bits per heavy atom. The van der Waals surface area contributed by atoms with Crippen molar-refractivity contribution in [1.82, 2.24) is 4.90 Å². The first kappa shape index (κ1) is 11.5. The highest BCUT2D eigenvalue weighted by Crippen LogP contribution is 2.46. The minimum absolute atomic E-state index is 0.0808. The van der Waals surface area contributed by atoms with Crippen molar-refractivity contribution in [3.63, 3.8) is 0 Å². The Bertz CT molecular complexity index is 483. The number of likely N-dealkylation sites (N-methyl/N-ethyl adjacent to an activating group) is 1. The number of carbonyl (C=O) groups is 1. The van der Waals surface area contributed by atoms with Gasteiger partial charge < -0.3 is 14.9 Å². The number of phenols is 1. The standard InChI is InChI=1S/C14H18N2O2/c1-15-6-7-16(14(10-15)4-5-14)12-3-2-11(9-17)13(18)8-12/h2-3,8-9,18H,4-7,10H2,1H3. The highest BCUT2D eigenvalue weighted by atomic mass is 16.3. The molecule has 1 aliphatic carbocycles. The molecule has 0 atom stereocenters. The van der Waals surface area contributed by atoms with Crippen molar-refractivity contribution in [1.29, 1.82) is 0 Å². The number of piperazine rings is 1. The van der Waals surface area contributed by atoms with E-state index in [1.54, 1.807) is 12.1 Å². The van der Waals surface area contributed by atoms with Crippen LogP contribution in [0.4, 0.5) is 5.69 Å². The molecule has 96 valence electrons. The van der Waals surface area contributed by atoms with Gasteiger partial charge in [0.25, 0.3) is 0 Å². The van der Waals surface area contributed by atoms with Gasteiger partial charge in [-0.2, -0.15) is 0 Å². The van der Waals surface area contributed by atoms with Crippen molar-refractivity contribution >= 4 is 12.0 Å². The van der Waals surface area contributed by atoms with Gasteiger partial charge in [0.1, 0.15) is 5.75 Å². The third-order valence-corrected chi connectivity index (χ3v) is 4.12. The Hall–Kier alpha value is -1.55. The summed E-state index contributed by atoms with van der Waals surface area (Å²) in [5.74, 6) is 0.0808. The summed E-state index contributed by atoms with van der Waals surface area (Å²) in [4.78, 5) is 15.5. The van der Waals surface area contributed by atoms with Crippen LogP contribution in [-0.2, 0) is 0 Å². The number of anilines is 1. The molecule has 0 bridgehead atoms. The zero-order chi connectivity index (χ0) is 12.8. The third-order valence-electron chi connectivity index (χ3n) is 4.12. The fourth-order valence-corrected chi connectivity index (χ4v) is 2.95. The SMILES string of the molecule is CN1CCN(c2ccc(C=O)c(O)c2)C2(CC2)C1. The third kappa shape index (κ3) is 1.77. The highest BCUT2D eigenvalue weighted by Gasteiger charge is 2.50. The molecule has 0 radical (unpaired) electrons.